The smallest absolute Gasteiger partial charge is 0.327 e. The van der Waals surface area contributed by atoms with Crippen LogP contribution < -0.4 is 21.9 Å². The molecule has 0 bridgehead atoms. The lowest BCUT2D eigenvalue weighted by atomic mass is 10.1. The summed E-state index contributed by atoms with van der Waals surface area (Å²) in [6, 6.07) is 0. The van der Waals surface area contributed by atoms with Crippen LogP contribution in [0.3, 0.4) is 0 Å². The van der Waals surface area contributed by atoms with Gasteiger partial charge in [0.1, 0.15) is 11.5 Å². The molecule has 1 aromatic rings. The van der Waals surface area contributed by atoms with Crippen LogP contribution in [0.2, 0.25) is 72.5 Å². The van der Waals surface area contributed by atoms with Gasteiger partial charge < -0.3 is 28.3 Å². The van der Waals surface area contributed by atoms with Crippen molar-refractivity contribution in [3.63, 3.8) is 0 Å². The van der Waals surface area contributed by atoms with Crippen molar-refractivity contribution in [1.82, 2.24) is 9.97 Å². The molecule has 15 heteroatoms. The summed E-state index contributed by atoms with van der Waals surface area (Å²) in [5, 5.41) is 5.59. The van der Waals surface area contributed by atoms with E-state index in [-0.39, 0.29) is 50.5 Å². The van der Waals surface area contributed by atoms with Gasteiger partial charge in [-0.1, -0.05) is 90.0 Å². The Bertz CT molecular complexity index is 1430. The highest BCUT2D eigenvalue weighted by molar-refractivity contribution is 6.75. The van der Waals surface area contributed by atoms with Crippen LogP contribution in [-0.2, 0) is 22.5 Å². The van der Waals surface area contributed by atoms with Gasteiger partial charge in [0, 0.05) is 13.0 Å². The normalized spacial score (nSPS) is 16.1. The summed E-state index contributed by atoms with van der Waals surface area (Å²) in [6.07, 6.45) is -1.48. The molecule has 0 saturated carbocycles. The zero-order valence-corrected chi connectivity index (χ0v) is 40.2. The fraction of sp³-hybridized carbons (Fsp3) is 0.861. The van der Waals surface area contributed by atoms with Gasteiger partial charge in [-0.05, 0) is 72.5 Å². The van der Waals surface area contributed by atoms with Gasteiger partial charge in [-0.25, -0.2) is 4.79 Å². The molecule has 0 spiro atoms. The molecule has 1 amide bonds. The number of nitrogens with one attached hydrogen (secondary N) is 4. The second kappa shape index (κ2) is 16.6. The minimum absolute atomic E-state index is 0.0194. The molecule has 0 fully saturated rings. The van der Waals surface area contributed by atoms with Crippen LogP contribution in [0.15, 0.2) is 9.59 Å². The Hall–Kier alpha value is -1.34. The zero-order chi connectivity index (χ0) is 40.4. The predicted molar refractivity (Wildman–Crippen MR) is 224 cm³/mol. The molecule has 0 unspecified atom stereocenters. The lowest BCUT2D eigenvalue weighted by molar-refractivity contribution is -0.115. The lowest BCUT2D eigenvalue weighted by Gasteiger charge is -2.49. The van der Waals surface area contributed by atoms with Gasteiger partial charge in [-0.15, -0.1) is 0 Å². The quantitative estimate of drug-likeness (QED) is 0.122. The molecule has 11 nitrogen and oxygen atoms in total. The molecule has 0 aliphatic carbocycles. The van der Waals surface area contributed by atoms with E-state index in [2.05, 4.69) is 156 Å². The average Bonchev–Trinajstić information content (AvgIpc) is 2.91. The number of carbonyl (C=O) groups excluding carboxylic acids is 1. The first-order valence-electron chi connectivity index (χ1n) is 18.6. The summed E-state index contributed by atoms with van der Waals surface area (Å²) in [7, 11) is -9.59. The van der Waals surface area contributed by atoms with Crippen molar-refractivity contribution in [2.24, 2.45) is 0 Å². The minimum atomic E-state index is -2.48. The van der Waals surface area contributed by atoms with Gasteiger partial charge in [0.2, 0.25) is 5.91 Å². The number of rotatable bonds is 16. The number of aromatic nitrogens is 2. The number of hydrogen-bond acceptors (Lipinski definition) is 8. The number of H-pyrrole nitrogens is 2. The highest BCUT2D eigenvalue weighted by Crippen LogP contribution is 2.44. The third kappa shape index (κ3) is 12.9. The Kier molecular flexibility index (Phi) is 15.5. The summed E-state index contributed by atoms with van der Waals surface area (Å²) in [4.78, 5) is 42.9. The second-order valence-corrected chi connectivity index (χ2v) is 39.3. The Balaban J connectivity index is 4.14. The third-order valence-corrected chi connectivity index (χ3v) is 29.9. The number of carbonyl (C=O) groups is 1. The minimum Gasteiger partial charge on any atom is -0.414 e. The van der Waals surface area contributed by atoms with E-state index < -0.39 is 62.8 Å². The summed E-state index contributed by atoms with van der Waals surface area (Å²) in [6.45, 7) is 46.7. The zero-order valence-electron chi connectivity index (χ0n) is 36.2. The summed E-state index contributed by atoms with van der Waals surface area (Å²) < 4.78 is 29.1. The topological polar surface area (TPSA) is 144 Å². The molecule has 1 heterocycles. The standard InChI is InChI=1S/C36H76N4O7Si4/c1-22-27(41)38-28-30(39-32(43)40-31(28)42)37-23-25(45-49(16,17)34(5,6)7)29(47-51(20,21)36(11,12)13)26(46-50(18,19)35(8,9)10)24-44-48(14,15)33(2,3)4/h25-26,29H,22-24H2,1-21H3,(H,38,41)(H3,37,39,40,42,43)/t25-,26+,29-/m0/s1. The van der Waals surface area contributed by atoms with E-state index in [0.29, 0.717) is 6.61 Å². The van der Waals surface area contributed by atoms with E-state index in [9.17, 15) is 14.4 Å². The summed E-state index contributed by atoms with van der Waals surface area (Å²) >= 11 is 0. The van der Waals surface area contributed by atoms with Crippen molar-refractivity contribution in [3.05, 3.63) is 20.8 Å². The van der Waals surface area contributed by atoms with Crippen LogP contribution in [0.25, 0.3) is 0 Å². The Morgan fingerprint density at radius 3 is 1.47 bits per heavy atom. The highest BCUT2D eigenvalue weighted by atomic mass is 28.4. The van der Waals surface area contributed by atoms with E-state index >= 15 is 0 Å². The molecule has 0 aliphatic heterocycles. The van der Waals surface area contributed by atoms with Crippen molar-refractivity contribution < 1.29 is 22.5 Å². The summed E-state index contributed by atoms with van der Waals surface area (Å²) in [5.74, 6) is -0.241. The van der Waals surface area contributed by atoms with Gasteiger partial charge in [-0.2, -0.15) is 0 Å². The molecule has 1 rings (SSSR count). The van der Waals surface area contributed by atoms with Crippen molar-refractivity contribution in [3.8, 4) is 0 Å². The van der Waals surface area contributed by atoms with Crippen molar-refractivity contribution in [1.29, 1.82) is 0 Å². The largest absolute Gasteiger partial charge is 0.414 e. The van der Waals surface area contributed by atoms with E-state index in [1.54, 1.807) is 6.92 Å². The van der Waals surface area contributed by atoms with Crippen LogP contribution >= 0.6 is 0 Å². The maximum Gasteiger partial charge on any atom is 0.327 e. The number of aromatic amines is 2. The molecule has 0 aliphatic rings. The van der Waals surface area contributed by atoms with Crippen LogP contribution in [0.4, 0.5) is 11.5 Å². The number of amides is 1. The van der Waals surface area contributed by atoms with Gasteiger partial charge in [0.15, 0.2) is 33.3 Å². The second-order valence-electron chi connectivity index (χ2n) is 20.2. The van der Waals surface area contributed by atoms with Crippen molar-refractivity contribution in [2.75, 3.05) is 23.8 Å². The summed E-state index contributed by atoms with van der Waals surface area (Å²) in [5.41, 5.74) is -1.43. The molecule has 0 aromatic carbocycles. The van der Waals surface area contributed by atoms with E-state index in [0.717, 1.165) is 0 Å². The molecule has 1 aromatic heterocycles. The van der Waals surface area contributed by atoms with Gasteiger partial charge in [0.25, 0.3) is 5.56 Å². The molecular weight excluding hydrogens is 713 g/mol. The van der Waals surface area contributed by atoms with Gasteiger partial charge in [-0.3, -0.25) is 19.6 Å². The molecule has 51 heavy (non-hydrogen) atoms. The first kappa shape index (κ1) is 47.7. The Morgan fingerprint density at radius 2 is 1.06 bits per heavy atom. The number of anilines is 2. The van der Waals surface area contributed by atoms with Crippen LogP contribution in [-0.4, -0.2) is 80.6 Å². The highest BCUT2D eigenvalue weighted by Gasteiger charge is 2.50. The fourth-order valence-electron chi connectivity index (χ4n) is 4.12. The fourth-order valence-corrected chi connectivity index (χ4v) is 9.11. The molecule has 0 radical (unpaired) electrons. The van der Waals surface area contributed by atoms with Gasteiger partial charge >= 0.3 is 5.69 Å². The van der Waals surface area contributed by atoms with Crippen LogP contribution in [0.1, 0.15) is 96.4 Å². The maximum absolute atomic E-state index is 13.0. The van der Waals surface area contributed by atoms with E-state index in [1.165, 1.54) is 0 Å². The first-order chi connectivity index (χ1) is 22.5. The molecule has 0 saturated heterocycles. The lowest BCUT2D eigenvalue weighted by Crippen LogP contribution is -2.61. The molecule has 298 valence electrons. The maximum atomic E-state index is 13.0. The first-order valence-corrected chi connectivity index (χ1v) is 30.2. The Labute approximate surface area is 314 Å². The SMILES string of the molecule is CCC(=O)Nc1c(NC[C@H](O[Si](C)(C)C(C)(C)C)[C@H](O[Si](C)(C)C(C)(C)C)[C@@H](CO[Si](C)(C)C(C)(C)C)O[Si](C)(C)C(C)(C)C)[nH]c(=O)[nH]c1=O. The van der Waals surface area contributed by atoms with E-state index in [1.807, 2.05) is 0 Å². The average molecular weight is 789 g/mol. The molecular formula is C36H76N4O7Si4. The van der Waals surface area contributed by atoms with E-state index in [4.69, 9.17) is 17.7 Å². The predicted octanol–water partition coefficient (Wildman–Crippen LogP) is 9.02. The molecule has 4 N–H and O–H groups in total. The van der Waals surface area contributed by atoms with Crippen molar-refractivity contribution >= 4 is 50.7 Å². The Morgan fingerprint density at radius 1 is 0.647 bits per heavy atom. The van der Waals surface area contributed by atoms with Gasteiger partial charge in [0.05, 0.1) is 24.9 Å². The van der Waals surface area contributed by atoms with Crippen molar-refractivity contribution in [2.45, 2.75) is 187 Å². The third-order valence-electron chi connectivity index (χ3n) is 11.9. The van der Waals surface area contributed by atoms with Crippen LogP contribution in [0.5, 0.6) is 0 Å². The van der Waals surface area contributed by atoms with Crippen LogP contribution in [0, 0.1) is 0 Å². The number of hydrogen-bond donors (Lipinski definition) is 4. The molecule has 3 atom stereocenters. The monoisotopic (exact) mass is 788 g/mol.